The Morgan fingerprint density at radius 3 is 2.41 bits per heavy atom. The van der Waals surface area contributed by atoms with Crippen LogP contribution in [0.5, 0.6) is 17.5 Å². The van der Waals surface area contributed by atoms with Gasteiger partial charge < -0.3 is 14.4 Å². The molecule has 0 bridgehead atoms. The third kappa shape index (κ3) is 5.12. The minimum atomic E-state index is -0.116. The molecule has 1 saturated heterocycles. The number of aromatic nitrogens is 2. The van der Waals surface area contributed by atoms with Gasteiger partial charge in [0.1, 0.15) is 17.6 Å². The van der Waals surface area contributed by atoms with E-state index in [9.17, 15) is 4.79 Å². The number of carbonyl (C=O) groups excluding carboxylic acids is 1. The third-order valence-corrected chi connectivity index (χ3v) is 5.02. The van der Waals surface area contributed by atoms with Crippen molar-refractivity contribution in [3.8, 4) is 17.5 Å². The zero-order valence-electron chi connectivity index (χ0n) is 15.7. The van der Waals surface area contributed by atoms with Crippen LogP contribution >= 0.6 is 15.9 Å². The number of rotatable bonds is 5. The Morgan fingerprint density at radius 1 is 1.00 bits per heavy atom. The monoisotopic (exact) mass is 453 g/mol. The molecule has 0 aliphatic carbocycles. The highest BCUT2D eigenvalue weighted by molar-refractivity contribution is 9.10. The van der Waals surface area contributed by atoms with E-state index in [0.29, 0.717) is 30.4 Å². The van der Waals surface area contributed by atoms with E-state index < -0.39 is 0 Å². The van der Waals surface area contributed by atoms with Crippen molar-refractivity contribution in [1.82, 2.24) is 14.9 Å². The fourth-order valence-corrected chi connectivity index (χ4v) is 3.41. The lowest BCUT2D eigenvalue weighted by molar-refractivity contribution is 0.0515. The number of carbonyl (C=O) groups is 1. The van der Waals surface area contributed by atoms with Gasteiger partial charge in [0.2, 0.25) is 0 Å². The van der Waals surface area contributed by atoms with Crippen LogP contribution in [0.25, 0.3) is 0 Å². The summed E-state index contributed by atoms with van der Waals surface area (Å²) in [5.41, 5.74) is 0.631. The number of para-hydroxylation sites is 1. The molecule has 6 nitrogen and oxygen atoms in total. The molecule has 148 valence electrons. The first-order valence-corrected chi connectivity index (χ1v) is 10.2. The second-order valence-electron chi connectivity index (χ2n) is 6.76. The van der Waals surface area contributed by atoms with E-state index in [1.54, 1.807) is 24.5 Å². The molecular weight excluding hydrogens is 434 g/mol. The van der Waals surface area contributed by atoms with Crippen LogP contribution in [0.3, 0.4) is 0 Å². The normalized spacial score (nSPS) is 16.3. The van der Waals surface area contributed by atoms with Gasteiger partial charge in [-0.2, -0.15) is 0 Å². The number of amides is 1. The fraction of sp³-hybridized carbons (Fsp3) is 0.227. The first-order chi connectivity index (χ1) is 14.2. The third-order valence-electron chi connectivity index (χ3n) is 4.61. The number of ether oxygens (including phenoxy) is 2. The van der Waals surface area contributed by atoms with E-state index in [2.05, 4.69) is 25.9 Å². The molecule has 1 fully saturated rings. The number of hydrogen-bond acceptors (Lipinski definition) is 5. The summed E-state index contributed by atoms with van der Waals surface area (Å²) in [6.45, 7) is 1.22. The highest BCUT2D eigenvalue weighted by Crippen LogP contribution is 2.23. The van der Waals surface area contributed by atoms with Crippen LogP contribution in [0.2, 0.25) is 0 Å². The standard InChI is InChI=1S/C22H20BrN3O3/c23-17-13-24-22(25-14-17)29-20-7-4-12-26(15-20)21(27)16-8-10-19(11-9-16)28-18-5-2-1-3-6-18/h1-3,5-6,8-11,13-14,20H,4,7,12,15H2. The molecule has 1 amide bonds. The zero-order chi connectivity index (χ0) is 20.1. The predicted molar refractivity (Wildman–Crippen MR) is 112 cm³/mol. The number of hydrogen-bond donors (Lipinski definition) is 0. The van der Waals surface area contributed by atoms with Gasteiger partial charge in [0.15, 0.2) is 0 Å². The number of nitrogens with zero attached hydrogens (tertiary/aromatic N) is 3. The van der Waals surface area contributed by atoms with E-state index in [-0.39, 0.29) is 12.0 Å². The van der Waals surface area contributed by atoms with Gasteiger partial charge in [0.05, 0.1) is 11.0 Å². The van der Waals surface area contributed by atoms with Crippen molar-refractivity contribution in [2.75, 3.05) is 13.1 Å². The summed E-state index contributed by atoms with van der Waals surface area (Å²) >= 11 is 3.31. The van der Waals surface area contributed by atoms with Crippen molar-refractivity contribution in [3.05, 3.63) is 77.0 Å². The number of likely N-dealkylation sites (tertiary alicyclic amines) is 1. The summed E-state index contributed by atoms with van der Waals surface area (Å²) in [7, 11) is 0. The Morgan fingerprint density at radius 2 is 1.69 bits per heavy atom. The molecule has 0 saturated carbocycles. The molecule has 0 spiro atoms. The van der Waals surface area contributed by atoms with Gasteiger partial charge in [-0.1, -0.05) is 18.2 Å². The molecule has 1 aromatic heterocycles. The van der Waals surface area contributed by atoms with Gasteiger partial charge in [-0.25, -0.2) is 9.97 Å². The highest BCUT2D eigenvalue weighted by Gasteiger charge is 2.26. The van der Waals surface area contributed by atoms with Gasteiger partial charge in [0.25, 0.3) is 5.91 Å². The quantitative estimate of drug-likeness (QED) is 0.559. The smallest absolute Gasteiger partial charge is 0.316 e. The van der Waals surface area contributed by atoms with E-state index in [1.807, 2.05) is 47.4 Å². The van der Waals surface area contributed by atoms with Crippen molar-refractivity contribution >= 4 is 21.8 Å². The Kier molecular flexibility index (Phi) is 6.05. The van der Waals surface area contributed by atoms with Gasteiger partial charge in [-0.3, -0.25) is 4.79 Å². The Hall–Kier alpha value is -2.93. The molecule has 0 radical (unpaired) electrons. The second kappa shape index (κ2) is 9.05. The molecule has 1 aliphatic rings. The van der Waals surface area contributed by atoms with Crippen LogP contribution in [0, 0.1) is 0 Å². The molecule has 2 heterocycles. The molecule has 1 unspecified atom stereocenters. The molecule has 2 aromatic carbocycles. The Balaban J connectivity index is 1.37. The van der Waals surface area contributed by atoms with Gasteiger partial charge >= 0.3 is 6.01 Å². The summed E-state index contributed by atoms with van der Waals surface area (Å²) in [5.74, 6) is 1.44. The van der Waals surface area contributed by atoms with E-state index in [4.69, 9.17) is 9.47 Å². The molecular formula is C22H20BrN3O3. The Bertz CT molecular complexity index is 949. The molecule has 3 aromatic rings. The zero-order valence-corrected chi connectivity index (χ0v) is 17.3. The molecule has 7 heteroatoms. The maximum absolute atomic E-state index is 12.9. The van der Waals surface area contributed by atoms with E-state index >= 15 is 0 Å². The summed E-state index contributed by atoms with van der Waals surface area (Å²) in [5, 5.41) is 0. The molecule has 1 atom stereocenters. The van der Waals surface area contributed by atoms with Crippen LogP contribution in [0.1, 0.15) is 23.2 Å². The second-order valence-corrected chi connectivity index (χ2v) is 7.67. The lowest BCUT2D eigenvalue weighted by atomic mass is 10.1. The predicted octanol–water partition coefficient (Wildman–Crippen LogP) is 4.72. The number of halogens is 1. The van der Waals surface area contributed by atoms with E-state index in [1.165, 1.54) is 0 Å². The number of benzene rings is 2. The summed E-state index contributed by atoms with van der Waals surface area (Å²) in [6.07, 6.45) is 4.92. The van der Waals surface area contributed by atoms with Crippen molar-refractivity contribution < 1.29 is 14.3 Å². The SMILES string of the molecule is O=C(c1ccc(Oc2ccccc2)cc1)N1CCCC(Oc2ncc(Br)cn2)C1. The topological polar surface area (TPSA) is 64.5 Å². The largest absolute Gasteiger partial charge is 0.458 e. The van der Waals surface area contributed by atoms with Crippen molar-refractivity contribution in [2.45, 2.75) is 18.9 Å². The van der Waals surface area contributed by atoms with Crippen molar-refractivity contribution in [3.63, 3.8) is 0 Å². The minimum absolute atomic E-state index is 0.0127. The van der Waals surface area contributed by atoms with Crippen LogP contribution < -0.4 is 9.47 Å². The average Bonchev–Trinajstić information content (AvgIpc) is 2.76. The maximum atomic E-state index is 12.9. The maximum Gasteiger partial charge on any atom is 0.316 e. The number of piperidine rings is 1. The lowest BCUT2D eigenvalue weighted by Gasteiger charge is -2.32. The van der Waals surface area contributed by atoms with Gasteiger partial charge in [0, 0.05) is 24.5 Å². The highest BCUT2D eigenvalue weighted by atomic mass is 79.9. The summed E-state index contributed by atoms with van der Waals surface area (Å²) in [6, 6.07) is 17.1. The van der Waals surface area contributed by atoms with Crippen LogP contribution in [0.4, 0.5) is 0 Å². The Labute approximate surface area is 177 Å². The fourth-order valence-electron chi connectivity index (χ4n) is 3.20. The molecule has 4 rings (SSSR count). The minimum Gasteiger partial charge on any atom is -0.458 e. The van der Waals surface area contributed by atoms with Gasteiger partial charge in [-0.15, -0.1) is 0 Å². The van der Waals surface area contributed by atoms with Crippen molar-refractivity contribution in [2.24, 2.45) is 0 Å². The average molecular weight is 454 g/mol. The van der Waals surface area contributed by atoms with Crippen LogP contribution in [0.15, 0.2) is 71.5 Å². The lowest BCUT2D eigenvalue weighted by Crippen LogP contribution is -2.44. The summed E-state index contributed by atoms with van der Waals surface area (Å²) < 4.78 is 12.4. The van der Waals surface area contributed by atoms with Crippen molar-refractivity contribution in [1.29, 1.82) is 0 Å². The first kappa shape index (κ1) is 19.4. The van der Waals surface area contributed by atoms with E-state index in [0.717, 1.165) is 23.1 Å². The molecule has 29 heavy (non-hydrogen) atoms. The summed E-state index contributed by atoms with van der Waals surface area (Å²) in [4.78, 5) is 23.0. The van der Waals surface area contributed by atoms with Crippen LogP contribution in [-0.2, 0) is 0 Å². The molecule has 1 aliphatic heterocycles. The molecule has 0 N–H and O–H groups in total. The first-order valence-electron chi connectivity index (χ1n) is 9.44. The van der Waals surface area contributed by atoms with Crippen LogP contribution in [-0.4, -0.2) is 40.0 Å². The van der Waals surface area contributed by atoms with Gasteiger partial charge in [-0.05, 0) is 65.2 Å².